The average Bonchev–Trinajstić information content (AvgIpc) is 2.48. The maximum absolute atomic E-state index is 2.71. The van der Waals surface area contributed by atoms with Gasteiger partial charge in [0.2, 0.25) is 0 Å². The Morgan fingerprint density at radius 2 is 1.65 bits per heavy atom. The minimum absolute atomic E-state index is 0.755. The minimum Gasteiger partial charge on any atom is -0.304 e. The Morgan fingerprint density at radius 3 is 2.25 bits per heavy atom. The molecule has 3 nitrogen and oxygen atoms in total. The monoisotopic (exact) mass is 281 g/mol. The summed E-state index contributed by atoms with van der Waals surface area (Å²) in [5.74, 6) is 0.988. The highest BCUT2D eigenvalue weighted by molar-refractivity contribution is 4.80. The molecule has 2 saturated heterocycles. The first-order valence-corrected chi connectivity index (χ1v) is 8.91. The number of hydrogen-bond acceptors (Lipinski definition) is 3. The van der Waals surface area contributed by atoms with E-state index in [1.807, 2.05) is 0 Å². The topological polar surface area (TPSA) is 9.72 Å². The number of rotatable bonds is 6. The highest BCUT2D eigenvalue weighted by Crippen LogP contribution is 2.21. The van der Waals surface area contributed by atoms with Crippen molar-refractivity contribution in [2.75, 3.05) is 52.4 Å². The van der Waals surface area contributed by atoms with E-state index in [9.17, 15) is 0 Å². The first-order chi connectivity index (χ1) is 9.72. The predicted octanol–water partition coefficient (Wildman–Crippen LogP) is 2.52. The van der Waals surface area contributed by atoms with Gasteiger partial charge in [-0.3, -0.25) is 4.90 Å². The van der Waals surface area contributed by atoms with Crippen molar-refractivity contribution in [3.05, 3.63) is 0 Å². The molecule has 2 aliphatic heterocycles. The smallest absolute Gasteiger partial charge is 0.0195 e. The van der Waals surface area contributed by atoms with Crippen LogP contribution in [0.3, 0.4) is 0 Å². The third-order valence-corrected chi connectivity index (χ3v) is 5.37. The molecule has 1 atom stereocenters. The number of hydrogen-bond donors (Lipinski definition) is 0. The van der Waals surface area contributed by atoms with E-state index in [2.05, 4.69) is 35.5 Å². The van der Waals surface area contributed by atoms with Crippen LogP contribution in [0.2, 0.25) is 0 Å². The fourth-order valence-corrected chi connectivity index (χ4v) is 3.85. The fourth-order valence-electron chi connectivity index (χ4n) is 3.85. The van der Waals surface area contributed by atoms with Gasteiger partial charge in [-0.25, -0.2) is 0 Å². The first kappa shape index (κ1) is 16.3. The quantitative estimate of drug-likeness (QED) is 0.741. The Hall–Kier alpha value is -0.120. The van der Waals surface area contributed by atoms with Gasteiger partial charge >= 0.3 is 0 Å². The van der Waals surface area contributed by atoms with E-state index >= 15 is 0 Å². The summed E-state index contributed by atoms with van der Waals surface area (Å²) in [6.07, 6.45) is 5.58. The molecular weight excluding hydrogens is 246 g/mol. The predicted molar refractivity (Wildman–Crippen MR) is 87.2 cm³/mol. The zero-order valence-electron chi connectivity index (χ0n) is 14.0. The molecule has 0 aromatic rings. The van der Waals surface area contributed by atoms with Gasteiger partial charge in [0.05, 0.1) is 0 Å². The van der Waals surface area contributed by atoms with Gasteiger partial charge in [0.1, 0.15) is 0 Å². The van der Waals surface area contributed by atoms with Crippen LogP contribution in [0.15, 0.2) is 0 Å². The van der Waals surface area contributed by atoms with E-state index in [0.717, 1.165) is 12.0 Å². The maximum atomic E-state index is 2.71. The van der Waals surface area contributed by atoms with E-state index in [-0.39, 0.29) is 0 Å². The molecule has 0 aliphatic carbocycles. The SMILES string of the molecule is CCCN1CCN(CCC2CCN(CC)CC2)CC1C. The van der Waals surface area contributed by atoms with Crippen LogP contribution >= 0.6 is 0 Å². The molecule has 0 spiro atoms. The van der Waals surface area contributed by atoms with E-state index in [0.29, 0.717) is 0 Å². The molecule has 3 heteroatoms. The molecule has 2 heterocycles. The summed E-state index contributed by atoms with van der Waals surface area (Å²) in [5, 5.41) is 0. The fraction of sp³-hybridized carbons (Fsp3) is 1.00. The maximum Gasteiger partial charge on any atom is 0.0195 e. The third-order valence-electron chi connectivity index (χ3n) is 5.37. The van der Waals surface area contributed by atoms with Crippen molar-refractivity contribution >= 4 is 0 Å². The summed E-state index contributed by atoms with van der Waals surface area (Å²) in [6, 6.07) is 0.755. The summed E-state index contributed by atoms with van der Waals surface area (Å²) in [4.78, 5) is 7.97. The molecule has 2 fully saturated rings. The Kier molecular flexibility index (Phi) is 6.79. The van der Waals surface area contributed by atoms with Gasteiger partial charge in [0.25, 0.3) is 0 Å². The zero-order chi connectivity index (χ0) is 14.4. The molecule has 0 radical (unpaired) electrons. The Balaban J connectivity index is 1.63. The lowest BCUT2D eigenvalue weighted by Gasteiger charge is -2.40. The van der Waals surface area contributed by atoms with Crippen LogP contribution in [-0.2, 0) is 0 Å². The Morgan fingerprint density at radius 1 is 0.900 bits per heavy atom. The van der Waals surface area contributed by atoms with Crippen molar-refractivity contribution in [1.29, 1.82) is 0 Å². The molecule has 2 rings (SSSR count). The summed E-state index contributed by atoms with van der Waals surface area (Å²) < 4.78 is 0. The number of piperazine rings is 1. The van der Waals surface area contributed by atoms with E-state index in [1.54, 1.807) is 0 Å². The highest BCUT2D eigenvalue weighted by Gasteiger charge is 2.24. The second-order valence-corrected chi connectivity index (χ2v) is 6.85. The Bertz CT molecular complexity index is 261. The van der Waals surface area contributed by atoms with Crippen LogP contribution in [0, 0.1) is 5.92 Å². The molecule has 0 aromatic carbocycles. The van der Waals surface area contributed by atoms with Crippen molar-refractivity contribution in [3.8, 4) is 0 Å². The molecule has 0 aromatic heterocycles. The van der Waals surface area contributed by atoms with Crippen LogP contribution in [0.1, 0.15) is 46.5 Å². The summed E-state index contributed by atoms with van der Waals surface area (Å²) in [6.45, 7) is 17.4. The van der Waals surface area contributed by atoms with Crippen LogP contribution in [0.25, 0.3) is 0 Å². The second kappa shape index (κ2) is 8.35. The van der Waals surface area contributed by atoms with Crippen LogP contribution < -0.4 is 0 Å². The van der Waals surface area contributed by atoms with Gasteiger partial charge in [-0.05, 0) is 71.2 Å². The molecule has 0 saturated carbocycles. The van der Waals surface area contributed by atoms with Crippen molar-refractivity contribution in [3.63, 3.8) is 0 Å². The van der Waals surface area contributed by atoms with Gasteiger partial charge in [-0.15, -0.1) is 0 Å². The average molecular weight is 281 g/mol. The standard InChI is InChI=1S/C17H35N3/c1-4-9-20-14-13-19(15-16(20)3)12-8-17-6-10-18(5-2)11-7-17/h16-17H,4-15H2,1-3H3. The number of piperidine rings is 1. The lowest BCUT2D eigenvalue weighted by molar-refractivity contribution is 0.0758. The minimum atomic E-state index is 0.755. The molecule has 118 valence electrons. The van der Waals surface area contributed by atoms with E-state index < -0.39 is 0 Å². The number of likely N-dealkylation sites (tertiary alicyclic amines) is 1. The molecule has 0 bridgehead atoms. The molecule has 0 amide bonds. The van der Waals surface area contributed by atoms with Crippen LogP contribution in [0.5, 0.6) is 0 Å². The molecule has 0 N–H and O–H groups in total. The zero-order valence-corrected chi connectivity index (χ0v) is 14.0. The Labute approximate surface area is 126 Å². The van der Waals surface area contributed by atoms with E-state index in [1.165, 1.54) is 78.0 Å². The van der Waals surface area contributed by atoms with Gasteiger partial charge in [0, 0.05) is 25.7 Å². The number of nitrogens with zero attached hydrogens (tertiary/aromatic N) is 3. The molecular formula is C17H35N3. The lowest BCUT2D eigenvalue weighted by Crippen LogP contribution is -2.52. The first-order valence-electron chi connectivity index (χ1n) is 8.91. The lowest BCUT2D eigenvalue weighted by atomic mass is 9.93. The summed E-state index contributed by atoms with van der Waals surface area (Å²) in [7, 11) is 0. The highest BCUT2D eigenvalue weighted by atomic mass is 15.3. The molecule has 20 heavy (non-hydrogen) atoms. The third kappa shape index (κ3) is 4.71. The van der Waals surface area contributed by atoms with Crippen LogP contribution in [0.4, 0.5) is 0 Å². The normalized spacial score (nSPS) is 28.1. The van der Waals surface area contributed by atoms with Crippen molar-refractivity contribution in [2.24, 2.45) is 5.92 Å². The van der Waals surface area contributed by atoms with Crippen molar-refractivity contribution < 1.29 is 0 Å². The van der Waals surface area contributed by atoms with Gasteiger partial charge < -0.3 is 9.80 Å². The molecule has 2 aliphatic rings. The van der Waals surface area contributed by atoms with Gasteiger partial charge in [-0.2, -0.15) is 0 Å². The van der Waals surface area contributed by atoms with Gasteiger partial charge in [-0.1, -0.05) is 13.8 Å². The van der Waals surface area contributed by atoms with Crippen molar-refractivity contribution in [1.82, 2.24) is 14.7 Å². The second-order valence-electron chi connectivity index (χ2n) is 6.85. The summed E-state index contributed by atoms with van der Waals surface area (Å²) in [5.41, 5.74) is 0. The molecule has 1 unspecified atom stereocenters. The van der Waals surface area contributed by atoms with Gasteiger partial charge in [0.15, 0.2) is 0 Å². The van der Waals surface area contributed by atoms with Crippen LogP contribution in [-0.4, -0.2) is 73.1 Å². The largest absolute Gasteiger partial charge is 0.304 e. The van der Waals surface area contributed by atoms with Crippen molar-refractivity contribution in [2.45, 2.75) is 52.5 Å². The summed E-state index contributed by atoms with van der Waals surface area (Å²) >= 11 is 0. The van der Waals surface area contributed by atoms with E-state index in [4.69, 9.17) is 0 Å².